The fraction of sp³-hybridized carbons (Fsp3) is 0.250. The van der Waals surface area contributed by atoms with Crippen molar-refractivity contribution < 1.29 is 9.53 Å². The lowest BCUT2D eigenvalue weighted by Crippen LogP contribution is -2.25. The molecule has 1 heterocycles. The van der Waals surface area contributed by atoms with Gasteiger partial charge in [0.15, 0.2) is 0 Å². The monoisotopic (exact) mass is 322 g/mol. The Kier molecular flexibility index (Phi) is 4.56. The van der Waals surface area contributed by atoms with Crippen molar-refractivity contribution in [3.63, 3.8) is 0 Å². The molecule has 1 N–H and O–H groups in total. The average Bonchev–Trinajstić information content (AvgIpc) is 2.85. The molecule has 0 aliphatic rings. The Hall–Kier alpha value is -2.75. The minimum absolute atomic E-state index is 0.0142. The molecule has 0 fully saturated rings. The number of hydrogen-bond acceptors (Lipinski definition) is 2. The summed E-state index contributed by atoms with van der Waals surface area (Å²) in [6.07, 6.45) is 0.377. The number of carbonyl (C=O) groups is 1. The molecule has 4 heteroatoms. The number of benzene rings is 2. The van der Waals surface area contributed by atoms with Crippen LogP contribution in [0.25, 0.3) is 10.9 Å². The van der Waals surface area contributed by atoms with Crippen molar-refractivity contribution in [3.8, 4) is 5.75 Å². The molecule has 3 aromatic rings. The van der Waals surface area contributed by atoms with Gasteiger partial charge in [-0.3, -0.25) is 4.79 Å². The lowest BCUT2D eigenvalue weighted by Gasteiger charge is -2.10. The first-order chi connectivity index (χ1) is 11.6. The molecule has 1 amide bonds. The summed E-state index contributed by atoms with van der Waals surface area (Å²) in [5.41, 5.74) is 4.35. The van der Waals surface area contributed by atoms with E-state index in [1.807, 2.05) is 43.4 Å². The molecule has 0 aliphatic heterocycles. The third-order valence-corrected chi connectivity index (χ3v) is 4.54. The number of methoxy groups -OCH3 is 1. The summed E-state index contributed by atoms with van der Waals surface area (Å²) >= 11 is 0. The second-order valence-corrected chi connectivity index (χ2v) is 5.91. The Morgan fingerprint density at radius 2 is 1.83 bits per heavy atom. The number of aromatic nitrogens is 1. The zero-order valence-corrected chi connectivity index (χ0v) is 14.3. The van der Waals surface area contributed by atoms with Crippen LogP contribution in [-0.2, 0) is 24.8 Å². The summed E-state index contributed by atoms with van der Waals surface area (Å²) in [6, 6.07) is 15.9. The molecule has 24 heavy (non-hydrogen) atoms. The summed E-state index contributed by atoms with van der Waals surface area (Å²) < 4.78 is 7.46. The van der Waals surface area contributed by atoms with E-state index in [0.29, 0.717) is 13.0 Å². The van der Waals surface area contributed by atoms with Crippen LogP contribution < -0.4 is 10.1 Å². The van der Waals surface area contributed by atoms with Crippen molar-refractivity contribution in [3.05, 3.63) is 65.4 Å². The number of nitrogens with zero attached hydrogens (tertiary/aromatic N) is 1. The fourth-order valence-electron chi connectivity index (χ4n) is 3.09. The Balaban J connectivity index is 1.75. The quantitative estimate of drug-likeness (QED) is 0.783. The third-order valence-electron chi connectivity index (χ3n) is 4.54. The van der Waals surface area contributed by atoms with E-state index < -0.39 is 0 Å². The van der Waals surface area contributed by atoms with Crippen LogP contribution in [0, 0.1) is 6.92 Å². The average molecular weight is 322 g/mol. The molecule has 1 aromatic heterocycles. The minimum Gasteiger partial charge on any atom is -0.496 e. The van der Waals surface area contributed by atoms with Crippen LogP contribution in [0.4, 0.5) is 0 Å². The number of nitrogens with one attached hydrogen (secondary N) is 1. The second-order valence-electron chi connectivity index (χ2n) is 5.91. The van der Waals surface area contributed by atoms with Crippen LogP contribution in [0.15, 0.2) is 48.5 Å². The predicted octanol–water partition coefficient (Wildman–Crippen LogP) is 3.35. The van der Waals surface area contributed by atoms with Crippen molar-refractivity contribution in [1.82, 2.24) is 9.88 Å². The Labute approximate surface area is 142 Å². The van der Waals surface area contributed by atoms with Crippen molar-refractivity contribution in [2.75, 3.05) is 7.11 Å². The molecule has 4 nitrogen and oxygen atoms in total. The normalized spacial score (nSPS) is 10.8. The van der Waals surface area contributed by atoms with E-state index in [0.717, 1.165) is 33.5 Å². The van der Waals surface area contributed by atoms with Gasteiger partial charge in [-0.05, 0) is 24.6 Å². The molecule has 0 unspecified atom stereocenters. The van der Waals surface area contributed by atoms with Crippen molar-refractivity contribution in [2.24, 2.45) is 7.05 Å². The number of fused-ring (bicyclic) bond motifs is 1. The van der Waals surface area contributed by atoms with Gasteiger partial charge in [-0.1, -0.05) is 36.4 Å². The van der Waals surface area contributed by atoms with E-state index in [9.17, 15) is 4.79 Å². The van der Waals surface area contributed by atoms with Gasteiger partial charge in [0.1, 0.15) is 5.75 Å². The maximum atomic E-state index is 12.4. The molecular formula is C20H22N2O2. The van der Waals surface area contributed by atoms with Gasteiger partial charge in [0.05, 0.1) is 13.5 Å². The maximum absolute atomic E-state index is 12.4. The van der Waals surface area contributed by atoms with Gasteiger partial charge >= 0.3 is 0 Å². The highest BCUT2D eigenvalue weighted by atomic mass is 16.5. The minimum atomic E-state index is 0.0142. The van der Waals surface area contributed by atoms with E-state index in [1.54, 1.807) is 7.11 Å². The lowest BCUT2D eigenvalue weighted by molar-refractivity contribution is -0.120. The van der Waals surface area contributed by atoms with Gasteiger partial charge in [0, 0.05) is 35.8 Å². The Morgan fingerprint density at radius 3 is 2.62 bits per heavy atom. The van der Waals surface area contributed by atoms with Crippen LogP contribution in [0.1, 0.15) is 16.8 Å². The number of hydrogen-bond donors (Lipinski definition) is 1. The third kappa shape index (κ3) is 3.00. The first-order valence-corrected chi connectivity index (χ1v) is 8.03. The van der Waals surface area contributed by atoms with Crippen LogP contribution in [-0.4, -0.2) is 17.6 Å². The van der Waals surface area contributed by atoms with Crippen molar-refractivity contribution in [1.29, 1.82) is 0 Å². The first kappa shape index (κ1) is 16.1. The largest absolute Gasteiger partial charge is 0.496 e. The standard InChI is InChI=1S/C20H22N2O2/c1-14-17(16-9-5-6-10-18(16)22(14)2)12-20(23)21-13-15-8-4-7-11-19(15)24-3/h4-11H,12-13H2,1-3H3,(H,21,23). The predicted molar refractivity (Wildman–Crippen MR) is 96.2 cm³/mol. The van der Waals surface area contributed by atoms with Crippen LogP contribution in [0.2, 0.25) is 0 Å². The molecule has 124 valence electrons. The van der Waals surface area contributed by atoms with Gasteiger partial charge in [-0.15, -0.1) is 0 Å². The molecule has 2 aromatic carbocycles. The number of ether oxygens (including phenoxy) is 1. The molecule has 0 radical (unpaired) electrons. The smallest absolute Gasteiger partial charge is 0.224 e. The second kappa shape index (κ2) is 6.79. The number of para-hydroxylation sites is 2. The van der Waals surface area contributed by atoms with Gasteiger partial charge in [-0.25, -0.2) is 0 Å². The zero-order valence-electron chi connectivity index (χ0n) is 14.3. The van der Waals surface area contributed by atoms with Crippen LogP contribution in [0.5, 0.6) is 5.75 Å². The highest BCUT2D eigenvalue weighted by Crippen LogP contribution is 2.25. The van der Waals surface area contributed by atoms with Crippen LogP contribution in [0.3, 0.4) is 0 Å². The number of aryl methyl sites for hydroxylation is 1. The summed E-state index contributed by atoms with van der Waals surface area (Å²) in [7, 11) is 3.67. The number of amides is 1. The van der Waals surface area contributed by atoms with E-state index in [2.05, 4.69) is 28.9 Å². The first-order valence-electron chi connectivity index (χ1n) is 8.03. The molecule has 0 atom stereocenters. The number of carbonyl (C=O) groups excluding carboxylic acids is 1. The van der Waals surface area contributed by atoms with E-state index in [-0.39, 0.29) is 5.91 Å². The molecule has 0 saturated carbocycles. The summed E-state index contributed by atoms with van der Waals surface area (Å²) in [6.45, 7) is 2.52. The molecule has 0 aliphatic carbocycles. The zero-order chi connectivity index (χ0) is 17.1. The summed E-state index contributed by atoms with van der Waals surface area (Å²) in [4.78, 5) is 12.4. The summed E-state index contributed by atoms with van der Waals surface area (Å²) in [5.74, 6) is 0.805. The van der Waals surface area contributed by atoms with Gasteiger partial charge in [0.2, 0.25) is 5.91 Å². The molecule has 0 saturated heterocycles. The Bertz CT molecular complexity index is 880. The molecule has 0 spiro atoms. The van der Waals surface area contributed by atoms with Gasteiger partial charge < -0.3 is 14.6 Å². The molecule has 3 rings (SSSR count). The van der Waals surface area contributed by atoms with E-state index in [4.69, 9.17) is 4.74 Å². The van der Waals surface area contributed by atoms with E-state index >= 15 is 0 Å². The van der Waals surface area contributed by atoms with E-state index in [1.165, 1.54) is 0 Å². The number of rotatable bonds is 5. The maximum Gasteiger partial charge on any atom is 0.224 e. The Morgan fingerprint density at radius 1 is 1.12 bits per heavy atom. The topological polar surface area (TPSA) is 43.3 Å². The van der Waals surface area contributed by atoms with Crippen molar-refractivity contribution in [2.45, 2.75) is 19.9 Å². The lowest BCUT2D eigenvalue weighted by atomic mass is 10.1. The van der Waals surface area contributed by atoms with Gasteiger partial charge in [0.25, 0.3) is 0 Å². The fourth-order valence-corrected chi connectivity index (χ4v) is 3.09. The molecular weight excluding hydrogens is 300 g/mol. The highest BCUT2D eigenvalue weighted by Gasteiger charge is 2.14. The molecule has 0 bridgehead atoms. The van der Waals surface area contributed by atoms with Gasteiger partial charge in [-0.2, -0.15) is 0 Å². The summed E-state index contributed by atoms with van der Waals surface area (Å²) in [5, 5.41) is 4.14. The SMILES string of the molecule is COc1ccccc1CNC(=O)Cc1c(C)n(C)c2ccccc12. The van der Waals surface area contributed by atoms with Crippen LogP contribution >= 0.6 is 0 Å². The van der Waals surface area contributed by atoms with Crippen molar-refractivity contribution >= 4 is 16.8 Å². The highest BCUT2D eigenvalue weighted by molar-refractivity contribution is 5.90.